The number of hydrogen-bond donors (Lipinski definition) is 2. The first-order valence-electron chi connectivity index (χ1n) is 6.89. The Balaban J connectivity index is 1.93. The quantitative estimate of drug-likeness (QED) is 0.888. The van der Waals surface area contributed by atoms with Gasteiger partial charge in [0, 0.05) is 16.2 Å². The fourth-order valence-electron chi connectivity index (χ4n) is 2.44. The second kappa shape index (κ2) is 6.42. The molecule has 2 N–H and O–H groups in total. The third-order valence-electron chi connectivity index (χ3n) is 3.67. The number of anilines is 1. The molecule has 0 heterocycles. The SMILES string of the molecule is Cc1ccc(Br)cc1NC(C)C(=O)NC1CCCC1. The highest BCUT2D eigenvalue weighted by Gasteiger charge is 2.20. The third kappa shape index (κ3) is 3.96. The Morgan fingerprint density at radius 3 is 2.74 bits per heavy atom. The molecule has 1 saturated carbocycles. The van der Waals surface area contributed by atoms with E-state index in [9.17, 15) is 4.79 Å². The highest BCUT2D eigenvalue weighted by molar-refractivity contribution is 9.10. The van der Waals surface area contributed by atoms with Crippen molar-refractivity contribution in [2.75, 3.05) is 5.32 Å². The number of hydrogen-bond acceptors (Lipinski definition) is 2. The van der Waals surface area contributed by atoms with Gasteiger partial charge in [0.1, 0.15) is 6.04 Å². The lowest BCUT2D eigenvalue weighted by atomic mass is 10.1. The lowest BCUT2D eigenvalue weighted by Gasteiger charge is -2.19. The monoisotopic (exact) mass is 324 g/mol. The molecule has 2 rings (SSSR count). The minimum atomic E-state index is -0.214. The average molecular weight is 325 g/mol. The Morgan fingerprint density at radius 1 is 1.37 bits per heavy atom. The molecule has 1 aliphatic rings. The van der Waals surface area contributed by atoms with Crippen molar-refractivity contribution in [3.63, 3.8) is 0 Å². The molecule has 19 heavy (non-hydrogen) atoms. The molecular weight excluding hydrogens is 304 g/mol. The first kappa shape index (κ1) is 14.4. The Bertz CT molecular complexity index is 455. The second-order valence-electron chi connectivity index (χ2n) is 5.32. The first-order valence-corrected chi connectivity index (χ1v) is 7.68. The van der Waals surface area contributed by atoms with Crippen molar-refractivity contribution in [2.24, 2.45) is 0 Å². The van der Waals surface area contributed by atoms with Crippen molar-refractivity contribution < 1.29 is 4.79 Å². The lowest BCUT2D eigenvalue weighted by molar-refractivity contribution is -0.122. The number of halogens is 1. The van der Waals surface area contributed by atoms with E-state index in [1.54, 1.807) is 0 Å². The molecule has 3 nitrogen and oxygen atoms in total. The van der Waals surface area contributed by atoms with E-state index in [0.29, 0.717) is 6.04 Å². The van der Waals surface area contributed by atoms with Gasteiger partial charge in [0.2, 0.25) is 5.91 Å². The molecule has 1 aromatic carbocycles. The highest BCUT2D eigenvalue weighted by Crippen LogP contribution is 2.22. The fraction of sp³-hybridized carbons (Fsp3) is 0.533. The van der Waals surface area contributed by atoms with Crippen LogP contribution in [0.15, 0.2) is 22.7 Å². The standard InChI is InChI=1S/C15H21BrN2O/c1-10-7-8-12(16)9-14(10)17-11(2)15(19)18-13-5-3-4-6-13/h7-9,11,13,17H,3-6H2,1-2H3,(H,18,19). The number of carbonyl (C=O) groups is 1. The summed E-state index contributed by atoms with van der Waals surface area (Å²) in [6.07, 6.45) is 4.71. The molecule has 0 spiro atoms. The zero-order valence-corrected chi connectivity index (χ0v) is 13.1. The second-order valence-corrected chi connectivity index (χ2v) is 6.23. The van der Waals surface area contributed by atoms with E-state index in [1.807, 2.05) is 32.0 Å². The molecule has 1 fully saturated rings. The maximum Gasteiger partial charge on any atom is 0.242 e. The van der Waals surface area contributed by atoms with E-state index in [-0.39, 0.29) is 11.9 Å². The summed E-state index contributed by atoms with van der Waals surface area (Å²) in [4.78, 5) is 12.1. The molecule has 0 aliphatic heterocycles. The van der Waals surface area contributed by atoms with Crippen LogP contribution in [0.25, 0.3) is 0 Å². The van der Waals surface area contributed by atoms with Crippen molar-refractivity contribution in [3.05, 3.63) is 28.2 Å². The van der Waals surface area contributed by atoms with Crippen molar-refractivity contribution in [1.29, 1.82) is 0 Å². The van der Waals surface area contributed by atoms with Crippen LogP contribution in [-0.4, -0.2) is 18.0 Å². The molecule has 1 atom stereocenters. The van der Waals surface area contributed by atoms with Crippen LogP contribution in [-0.2, 0) is 4.79 Å². The van der Waals surface area contributed by atoms with Crippen LogP contribution in [0, 0.1) is 6.92 Å². The molecular formula is C15H21BrN2O. The van der Waals surface area contributed by atoms with Gasteiger partial charge in [-0.1, -0.05) is 34.8 Å². The molecule has 1 aromatic rings. The van der Waals surface area contributed by atoms with E-state index < -0.39 is 0 Å². The number of amides is 1. The minimum absolute atomic E-state index is 0.0891. The number of aryl methyl sites for hydroxylation is 1. The van der Waals surface area contributed by atoms with E-state index in [4.69, 9.17) is 0 Å². The molecule has 0 radical (unpaired) electrons. The van der Waals surface area contributed by atoms with Crippen LogP contribution >= 0.6 is 15.9 Å². The highest BCUT2D eigenvalue weighted by atomic mass is 79.9. The summed E-state index contributed by atoms with van der Waals surface area (Å²) >= 11 is 3.45. The van der Waals surface area contributed by atoms with Gasteiger partial charge in [-0.25, -0.2) is 0 Å². The van der Waals surface area contributed by atoms with Crippen molar-refractivity contribution in [2.45, 2.75) is 51.6 Å². The predicted octanol–water partition coefficient (Wildman–Crippen LogP) is 3.62. The topological polar surface area (TPSA) is 41.1 Å². The van der Waals surface area contributed by atoms with Gasteiger partial charge in [-0.3, -0.25) is 4.79 Å². The lowest BCUT2D eigenvalue weighted by Crippen LogP contribution is -2.42. The Hall–Kier alpha value is -1.03. The largest absolute Gasteiger partial charge is 0.374 e. The first-order chi connectivity index (χ1) is 9.06. The summed E-state index contributed by atoms with van der Waals surface area (Å²) in [6, 6.07) is 6.21. The molecule has 4 heteroatoms. The summed E-state index contributed by atoms with van der Waals surface area (Å²) in [7, 11) is 0. The van der Waals surface area contributed by atoms with E-state index in [2.05, 4.69) is 26.6 Å². The minimum Gasteiger partial charge on any atom is -0.374 e. The van der Waals surface area contributed by atoms with Crippen molar-refractivity contribution >= 4 is 27.5 Å². The smallest absolute Gasteiger partial charge is 0.242 e. The Kier molecular flexibility index (Phi) is 4.86. The third-order valence-corrected chi connectivity index (χ3v) is 4.16. The molecule has 0 bridgehead atoms. The van der Waals surface area contributed by atoms with Gasteiger partial charge in [-0.05, 0) is 44.4 Å². The average Bonchev–Trinajstić information content (AvgIpc) is 2.86. The number of carbonyl (C=O) groups excluding carboxylic acids is 1. The molecule has 1 amide bonds. The maximum atomic E-state index is 12.1. The van der Waals surface area contributed by atoms with Gasteiger partial charge in [0.25, 0.3) is 0 Å². The predicted molar refractivity (Wildman–Crippen MR) is 82.4 cm³/mol. The number of nitrogens with one attached hydrogen (secondary N) is 2. The summed E-state index contributed by atoms with van der Waals surface area (Å²) in [6.45, 7) is 3.95. The summed E-state index contributed by atoms with van der Waals surface area (Å²) in [5.41, 5.74) is 2.15. The van der Waals surface area contributed by atoms with Crippen LogP contribution in [0.1, 0.15) is 38.2 Å². The van der Waals surface area contributed by atoms with Gasteiger partial charge in [0.15, 0.2) is 0 Å². The molecule has 0 saturated heterocycles. The van der Waals surface area contributed by atoms with Crippen LogP contribution < -0.4 is 10.6 Å². The summed E-state index contributed by atoms with van der Waals surface area (Å²) in [5.74, 6) is 0.0891. The molecule has 1 aliphatic carbocycles. The van der Waals surface area contributed by atoms with Gasteiger partial charge >= 0.3 is 0 Å². The van der Waals surface area contributed by atoms with Crippen molar-refractivity contribution in [1.82, 2.24) is 5.32 Å². The normalized spacial score (nSPS) is 17.2. The number of rotatable bonds is 4. The Morgan fingerprint density at radius 2 is 2.05 bits per heavy atom. The molecule has 1 unspecified atom stereocenters. The van der Waals surface area contributed by atoms with E-state index in [0.717, 1.165) is 28.6 Å². The van der Waals surface area contributed by atoms with Gasteiger partial charge in [-0.15, -0.1) is 0 Å². The molecule has 104 valence electrons. The van der Waals surface area contributed by atoms with E-state index >= 15 is 0 Å². The zero-order valence-electron chi connectivity index (χ0n) is 11.5. The van der Waals surface area contributed by atoms with Crippen molar-refractivity contribution in [3.8, 4) is 0 Å². The van der Waals surface area contributed by atoms with Crippen LogP contribution in [0.3, 0.4) is 0 Å². The van der Waals surface area contributed by atoms with Crippen LogP contribution in [0.4, 0.5) is 5.69 Å². The maximum absolute atomic E-state index is 12.1. The fourth-order valence-corrected chi connectivity index (χ4v) is 2.81. The molecule has 0 aromatic heterocycles. The zero-order chi connectivity index (χ0) is 13.8. The number of benzene rings is 1. The van der Waals surface area contributed by atoms with Gasteiger partial charge in [-0.2, -0.15) is 0 Å². The summed E-state index contributed by atoms with van der Waals surface area (Å²) in [5, 5.41) is 6.40. The Labute approximate surface area is 123 Å². The van der Waals surface area contributed by atoms with Crippen LogP contribution in [0.5, 0.6) is 0 Å². The van der Waals surface area contributed by atoms with Gasteiger partial charge in [0.05, 0.1) is 0 Å². The van der Waals surface area contributed by atoms with Gasteiger partial charge < -0.3 is 10.6 Å². The van der Waals surface area contributed by atoms with Crippen LogP contribution in [0.2, 0.25) is 0 Å². The van der Waals surface area contributed by atoms with E-state index in [1.165, 1.54) is 12.8 Å². The summed E-state index contributed by atoms with van der Waals surface area (Å²) < 4.78 is 1.02.